The summed E-state index contributed by atoms with van der Waals surface area (Å²) in [4.78, 5) is 60.2. The lowest BCUT2D eigenvalue weighted by molar-refractivity contribution is 0.102. The quantitative estimate of drug-likeness (QED) is 0.0765. The molecule has 10 rings (SSSR count). The summed E-state index contributed by atoms with van der Waals surface area (Å²) < 4.78 is 31.5. The molecule has 0 fully saturated rings. The number of nitrogens with one attached hydrogen (secondary N) is 3. The zero-order valence-corrected chi connectivity index (χ0v) is 45.9. The van der Waals surface area contributed by atoms with Crippen LogP contribution in [0, 0.1) is 11.6 Å². The molecule has 6 heterocycles. The Balaban J connectivity index is 0.000000180. The fourth-order valence-electron chi connectivity index (χ4n) is 8.40. The van der Waals surface area contributed by atoms with Gasteiger partial charge < -0.3 is 26.1 Å². The van der Waals surface area contributed by atoms with Crippen LogP contribution in [0.25, 0.3) is 55.2 Å². The van der Waals surface area contributed by atoms with E-state index in [-0.39, 0.29) is 16.8 Å². The van der Waals surface area contributed by atoms with Crippen LogP contribution >= 0.6 is 11.6 Å². The minimum Gasteiger partial charge on any atom is -0.391 e. The largest absolute Gasteiger partial charge is 0.391 e. The number of nitrogens with two attached hydrogens (primary N) is 1. The van der Waals surface area contributed by atoms with Crippen LogP contribution in [0.3, 0.4) is 0 Å². The first-order valence-corrected chi connectivity index (χ1v) is 25.9. The van der Waals surface area contributed by atoms with E-state index < -0.39 is 34.4 Å². The summed E-state index contributed by atoms with van der Waals surface area (Å²) in [5.74, 6) is 0.399. The molecule has 6 N–H and O–H groups in total. The number of hydrogen-bond donors (Lipinski definition) is 5. The van der Waals surface area contributed by atoms with Crippen molar-refractivity contribution in [2.75, 3.05) is 11.9 Å². The highest BCUT2D eigenvalue weighted by Crippen LogP contribution is 2.28. The average molecular weight is 1070 g/mol. The van der Waals surface area contributed by atoms with E-state index in [1.54, 1.807) is 75.6 Å². The molecule has 77 heavy (non-hydrogen) atoms. The van der Waals surface area contributed by atoms with Crippen molar-refractivity contribution in [2.24, 2.45) is 5.73 Å². The molecule has 0 radical (unpaired) electrons. The van der Waals surface area contributed by atoms with Crippen molar-refractivity contribution in [1.29, 1.82) is 0 Å². The number of halogens is 3. The summed E-state index contributed by atoms with van der Waals surface area (Å²) >= 11 is 5.73. The number of rotatable bonds is 11. The van der Waals surface area contributed by atoms with E-state index in [2.05, 4.69) is 79.7 Å². The van der Waals surface area contributed by atoms with Crippen molar-refractivity contribution < 1.29 is 13.9 Å². The maximum atomic E-state index is 14.6. The molecule has 404 valence electrons. The van der Waals surface area contributed by atoms with Gasteiger partial charge in [0, 0.05) is 24.5 Å². The van der Waals surface area contributed by atoms with E-state index in [0.29, 0.717) is 75.6 Å². The number of aliphatic hydroxyl groups is 1. The summed E-state index contributed by atoms with van der Waals surface area (Å²) in [6, 6.07) is 31.5. The van der Waals surface area contributed by atoms with Gasteiger partial charge in [0.25, 0.3) is 11.1 Å². The summed E-state index contributed by atoms with van der Waals surface area (Å²) in [5.41, 5.74) is 8.12. The third kappa shape index (κ3) is 14.8. The summed E-state index contributed by atoms with van der Waals surface area (Å²) in [6.07, 6.45) is 7.73. The van der Waals surface area contributed by atoms with Crippen molar-refractivity contribution in [3.05, 3.63) is 183 Å². The minimum absolute atomic E-state index is 0.0154. The van der Waals surface area contributed by atoms with E-state index in [4.69, 9.17) is 27.4 Å². The van der Waals surface area contributed by atoms with E-state index in [1.807, 2.05) is 62.4 Å². The molecule has 4 aromatic carbocycles. The first-order valence-electron chi connectivity index (χ1n) is 25.5. The number of benzene rings is 4. The van der Waals surface area contributed by atoms with Crippen LogP contribution in [-0.4, -0.2) is 83.2 Å². The minimum atomic E-state index is -0.586. The number of anilines is 1. The zero-order valence-electron chi connectivity index (χ0n) is 45.1. The number of hydrogen-bond acceptors (Lipinski definition) is 12. The molecule has 0 bridgehead atoms. The highest BCUT2D eigenvalue weighted by atomic mass is 35.5. The molecular formula is C58H68ClF2N13O3. The number of para-hydroxylation sites is 2. The number of fused-ring (bicyclic) bond motifs is 4. The lowest BCUT2D eigenvalue weighted by Gasteiger charge is -2.28. The van der Waals surface area contributed by atoms with E-state index in [1.165, 1.54) is 40.0 Å². The van der Waals surface area contributed by atoms with Gasteiger partial charge in [-0.15, -0.1) is 0 Å². The van der Waals surface area contributed by atoms with E-state index >= 15 is 0 Å². The fourth-order valence-corrected chi connectivity index (χ4v) is 8.60. The van der Waals surface area contributed by atoms with Gasteiger partial charge in [-0.2, -0.15) is 0 Å². The van der Waals surface area contributed by atoms with Crippen LogP contribution in [-0.2, 0) is 0 Å². The first kappa shape index (κ1) is 58.5. The lowest BCUT2D eigenvalue weighted by Crippen LogP contribution is -2.36. The fraction of sp³-hybridized carbons (Fsp3) is 0.310. The van der Waals surface area contributed by atoms with Crippen LogP contribution in [0.2, 0.25) is 5.15 Å². The second kappa shape index (κ2) is 26.8. The van der Waals surface area contributed by atoms with Crippen molar-refractivity contribution in [2.45, 2.75) is 112 Å². The molecule has 0 saturated heterocycles. The number of aromatic amines is 2. The smallest absolute Gasteiger partial charge is 0.269 e. The zero-order chi connectivity index (χ0) is 56.0. The molecule has 0 aliphatic heterocycles. The van der Waals surface area contributed by atoms with Crippen LogP contribution in [0.4, 0.5) is 14.6 Å². The normalized spacial score (nSPS) is 12.1. The Morgan fingerprint density at radius 1 is 0.649 bits per heavy atom. The maximum absolute atomic E-state index is 14.6. The second-order valence-corrected chi connectivity index (χ2v) is 19.7. The van der Waals surface area contributed by atoms with Gasteiger partial charge in [0.1, 0.15) is 69.0 Å². The predicted octanol–water partition coefficient (Wildman–Crippen LogP) is 11.8. The van der Waals surface area contributed by atoms with E-state index in [9.17, 15) is 18.4 Å². The van der Waals surface area contributed by atoms with E-state index in [0.717, 1.165) is 23.0 Å². The van der Waals surface area contributed by atoms with Gasteiger partial charge in [-0.25, -0.2) is 38.7 Å². The van der Waals surface area contributed by atoms with Gasteiger partial charge in [0.05, 0.1) is 50.9 Å². The first-order chi connectivity index (χ1) is 36.8. The lowest BCUT2D eigenvalue weighted by atomic mass is 10.1. The van der Waals surface area contributed by atoms with Crippen molar-refractivity contribution in [3.8, 4) is 11.4 Å². The van der Waals surface area contributed by atoms with Crippen LogP contribution in [0.5, 0.6) is 0 Å². The van der Waals surface area contributed by atoms with Gasteiger partial charge in [-0.1, -0.05) is 80.9 Å². The van der Waals surface area contributed by atoms with Gasteiger partial charge in [-0.3, -0.25) is 23.6 Å². The Morgan fingerprint density at radius 3 is 1.55 bits per heavy atom. The van der Waals surface area contributed by atoms with Gasteiger partial charge >= 0.3 is 0 Å². The SMILES string of the molecule is CC(C)(C)O.CCN(C(C)C)C(C)C.CC[C@H](N)c1nc2cccc(F)c2c(=O)n1-c1ccccc1.CC[C@H](Nc1ncnc2[nH]ccc12)c1nc2cccc(F)c2c(=O)n1-c1ccccc1.Clc1ncnc2[nH]ccc12. The van der Waals surface area contributed by atoms with Crippen molar-refractivity contribution in [1.82, 2.24) is 53.9 Å². The third-order valence-electron chi connectivity index (χ3n) is 11.9. The molecular weight excluding hydrogens is 1000 g/mol. The molecule has 16 nitrogen and oxygen atoms in total. The molecule has 6 aromatic heterocycles. The van der Waals surface area contributed by atoms with Gasteiger partial charge in [0.15, 0.2) is 0 Å². The Bertz CT molecular complexity index is 3600. The molecule has 0 aliphatic carbocycles. The molecule has 0 saturated carbocycles. The highest BCUT2D eigenvalue weighted by Gasteiger charge is 2.23. The topological polar surface area (TPSA) is 214 Å². The Morgan fingerprint density at radius 2 is 1.10 bits per heavy atom. The molecule has 0 unspecified atom stereocenters. The summed E-state index contributed by atoms with van der Waals surface area (Å²) in [5, 5.41) is 14.1. The average Bonchev–Trinajstić information content (AvgIpc) is 4.12. The van der Waals surface area contributed by atoms with Crippen LogP contribution in [0.1, 0.15) is 106 Å². The third-order valence-corrected chi connectivity index (χ3v) is 12.2. The monoisotopic (exact) mass is 1070 g/mol. The molecule has 2 atom stereocenters. The van der Waals surface area contributed by atoms with Gasteiger partial charge in [0.2, 0.25) is 0 Å². The van der Waals surface area contributed by atoms with Crippen molar-refractivity contribution >= 4 is 61.3 Å². The number of aromatic nitrogens is 10. The highest BCUT2D eigenvalue weighted by molar-refractivity contribution is 6.33. The number of H-pyrrole nitrogens is 2. The molecule has 0 amide bonds. The second-order valence-electron chi connectivity index (χ2n) is 19.3. The Hall–Kier alpha value is -7.77. The van der Waals surface area contributed by atoms with Gasteiger partial charge in [-0.05, 0) is 129 Å². The van der Waals surface area contributed by atoms with Crippen LogP contribution < -0.4 is 22.2 Å². The van der Waals surface area contributed by atoms with Crippen molar-refractivity contribution in [3.63, 3.8) is 0 Å². The Labute approximate surface area is 451 Å². The molecule has 0 spiro atoms. The summed E-state index contributed by atoms with van der Waals surface area (Å²) in [6.45, 7) is 21.5. The standard InChI is InChI=1S/C23H19FN6O.C17H16FN3O.C8H19N.C6H4ClN3.C4H10O/c1-2-17(28-21-15-11-12-25-20(15)26-13-27-21)22-29-18-10-6-9-16(24)19(18)23(31)30(22)14-7-4-3-5-8-14;1-2-13(19)16-20-14-10-6-9-12(18)15(14)17(22)21(16)11-7-4-3-5-8-11;1-6-9(7(2)3)8(4)5;7-5-4-1-2-8-6(4)10-3-9-5;1-4(2,3)5/h3-13,17H,2H2,1H3,(H2,25,26,27,28);3-10,13H,2,19H2,1H3;7-8H,6H2,1-5H3;1-3H,(H,8,9,10);5H,1-3H3/t17-;13-;;;/m00.../s1. The summed E-state index contributed by atoms with van der Waals surface area (Å²) in [7, 11) is 0. The molecule has 10 aromatic rings. The van der Waals surface area contributed by atoms with Crippen LogP contribution in [0.15, 0.2) is 144 Å². The molecule has 0 aliphatic rings. The Kier molecular flexibility index (Phi) is 20.4. The predicted molar refractivity (Wildman–Crippen MR) is 306 cm³/mol. The number of nitrogens with zero attached hydrogens (tertiary/aromatic N) is 9. The maximum Gasteiger partial charge on any atom is 0.269 e. The molecule has 19 heteroatoms.